The van der Waals surface area contributed by atoms with Crippen LogP contribution in [-0.4, -0.2) is 57.2 Å². The minimum absolute atomic E-state index is 0.141. The van der Waals surface area contributed by atoms with E-state index in [1.807, 2.05) is 11.6 Å². The van der Waals surface area contributed by atoms with Crippen molar-refractivity contribution in [3.63, 3.8) is 0 Å². The molecular weight excluding hydrogens is 400 g/mol. The summed E-state index contributed by atoms with van der Waals surface area (Å²) in [4.78, 5) is 21.6. The van der Waals surface area contributed by atoms with Crippen molar-refractivity contribution in [2.45, 2.75) is 69.8 Å². The molecule has 166 valence electrons. The molecule has 2 N–H and O–H groups in total. The van der Waals surface area contributed by atoms with Gasteiger partial charge in [0.25, 0.3) is 0 Å². The van der Waals surface area contributed by atoms with Gasteiger partial charge >= 0.3 is 0 Å². The first kappa shape index (κ1) is 22.8. The zero-order valence-corrected chi connectivity index (χ0v) is 19.1. The Morgan fingerprint density at radius 3 is 2.83 bits per heavy atom. The summed E-state index contributed by atoms with van der Waals surface area (Å²) < 4.78 is 7.27. The number of anilines is 1. The van der Waals surface area contributed by atoms with Gasteiger partial charge in [-0.05, 0) is 25.7 Å². The second-order valence-electron chi connectivity index (χ2n) is 7.95. The highest BCUT2D eigenvalue weighted by Crippen LogP contribution is 2.28. The van der Waals surface area contributed by atoms with E-state index in [2.05, 4.69) is 34.6 Å². The van der Waals surface area contributed by atoms with E-state index in [1.54, 1.807) is 18.0 Å². The number of fused-ring (bicyclic) bond motifs is 1. The van der Waals surface area contributed by atoms with Crippen LogP contribution in [0.15, 0.2) is 11.4 Å². The van der Waals surface area contributed by atoms with Crippen LogP contribution in [0, 0.1) is 5.92 Å². The van der Waals surface area contributed by atoms with E-state index >= 15 is 0 Å². The first-order chi connectivity index (χ1) is 14.6. The van der Waals surface area contributed by atoms with Gasteiger partial charge in [-0.2, -0.15) is 5.10 Å². The molecule has 1 aliphatic carbocycles. The number of nitrogens with one attached hydrogen (secondary N) is 2. The van der Waals surface area contributed by atoms with Crippen LogP contribution in [0.25, 0.3) is 11.0 Å². The lowest BCUT2D eigenvalue weighted by atomic mass is 10.0. The summed E-state index contributed by atoms with van der Waals surface area (Å²) in [6, 6.07) is 0. The highest BCUT2D eigenvalue weighted by atomic mass is 32.2. The maximum atomic E-state index is 12.2. The van der Waals surface area contributed by atoms with E-state index in [0.717, 1.165) is 22.0 Å². The molecule has 0 unspecified atom stereocenters. The van der Waals surface area contributed by atoms with Gasteiger partial charge in [-0.3, -0.25) is 4.79 Å². The molecule has 1 amide bonds. The maximum Gasteiger partial charge on any atom is 0.220 e. The minimum atomic E-state index is 0.141. The maximum absolute atomic E-state index is 12.2. The molecule has 1 saturated carbocycles. The molecule has 0 radical (unpaired) electrons. The summed E-state index contributed by atoms with van der Waals surface area (Å²) in [7, 11) is 0. The minimum Gasteiger partial charge on any atom is -0.380 e. The Kier molecular flexibility index (Phi) is 8.74. The fraction of sp³-hybridized carbons (Fsp3) is 0.714. The molecule has 0 atom stereocenters. The van der Waals surface area contributed by atoms with Crippen LogP contribution >= 0.6 is 11.8 Å². The van der Waals surface area contributed by atoms with Gasteiger partial charge < -0.3 is 15.4 Å². The molecule has 30 heavy (non-hydrogen) atoms. The number of thioether (sulfide) groups is 1. The fourth-order valence-corrected chi connectivity index (χ4v) is 4.44. The van der Waals surface area contributed by atoms with E-state index < -0.39 is 0 Å². The van der Waals surface area contributed by atoms with Crippen molar-refractivity contribution in [2.75, 3.05) is 31.6 Å². The van der Waals surface area contributed by atoms with Crippen molar-refractivity contribution in [2.24, 2.45) is 5.92 Å². The number of amides is 1. The standard InChI is InChI=1S/C21H34N6O2S/c1-4-29-12-10-23-19-17-14-24-27(20(17)26-21(25-19)30-15(2)3)11-9-22-18(28)13-16-7-5-6-8-16/h14-16H,4-13H2,1-3H3,(H,22,28)(H,23,25,26). The third kappa shape index (κ3) is 6.57. The van der Waals surface area contributed by atoms with E-state index in [0.29, 0.717) is 50.4 Å². The van der Waals surface area contributed by atoms with Crippen molar-refractivity contribution in [3.05, 3.63) is 6.20 Å². The number of carbonyl (C=O) groups is 1. The monoisotopic (exact) mass is 434 g/mol. The van der Waals surface area contributed by atoms with Gasteiger partial charge in [-0.25, -0.2) is 14.6 Å². The molecule has 0 saturated heterocycles. The zero-order valence-electron chi connectivity index (χ0n) is 18.3. The quantitative estimate of drug-likeness (QED) is 0.300. The Morgan fingerprint density at radius 2 is 2.10 bits per heavy atom. The number of nitrogens with zero attached hydrogens (tertiary/aromatic N) is 4. The Balaban J connectivity index is 1.65. The predicted octanol–water partition coefficient (Wildman–Crippen LogP) is 3.47. The van der Waals surface area contributed by atoms with Crippen molar-refractivity contribution in [1.29, 1.82) is 0 Å². The van der Waals surface area contributed by atoms with Crippen molar-refractivity contribution in [1.82, 2.24) is 25.1 Å². The van der Waals surface area contributed by atoms with Gasteiger partial charge in [0.1, 0.15) is 5.82 Å². The first-order valence-electron chi connectivity index (χ1n) is 11.0. The summed E-state index contributed by atoms with van der Waals surface area (Å²) in [5.74, 6) is 1.48. The van der Waals surface area contributed by atoms with E-state index in [4.69, 9.17) is 9.72 Å². The van der Waals surface area contributed by atoms with E-state index in [1.165, 1.54) is 25.7 Å². The van der Waals surface area contributed by atoms with Gasteiger partial charge in [0, 0.05) is 31.4 Å². The first-order valence-corrected chi connectivity index (χ1v) is 11.9. The molecule has 9 heteroatoms. The molecule has 0 aliphatic heterocycles. The Bertz CT molecular complexity index is 819. The van der Waals surface area contributed by atoms with Crippen molar-refractivity contribution < 1.29 is 9.53 Å². The van der Waals surface area contributed by atoms with Gasteiger partial charge in [0.05, 0.1) is 24.7 Å². The van der Waals surface area contributed by atoms with Gasteiger partial charge in [0.15, 0.2) is 10.8 Å². The summed E-state index contributed by atoms with van der Waals surface area (Å²) in [5, 5.41) is 12.9. The third-order valence-corrected chi connectivity index (χ3v) is 6.02. The number of hydrogen-bond donors (Lipinski definition) is 2. The number of carbonyl (C=O) groups excluding carboxylic acids is 1. The van der Waals surface area contributed by atoms with E-state index in [-0.39, 0.29) is 5.91 Å². The molecule has 1 aliphatic rings. The van der Waals surface area contributed by atoms with Crippen molar-refractivity contribution >= 4 is 34.5 Å². The smallest absolute Gasteiger partial charge is 0.220 e. The highest BCUT2D eigenvalue weighted by molar-refractivity contribution is 7.99. The van der Waals surface area contributed by atoms with Crippen LogP contribution in [0.4, 0.5) is 5.82 Å². The number of rotatable bonds is 12. The van der Waals surface area contributed by atoms with Gasteiger partial charge in [-0.1, -0.05) is 38.5 Å². The largest absolute Gasteiger partial charge is 0.380 e. The highest BCUT2D eigenvalue weighted by Gasteiger charge is 2.18. The second-order valence-corrected chi connectivity index (χ2v) is 9.50. The Hall–Kier alpha value is -1.87. The molecule has 3 rings (SSSR count). The average Bonchev–Trinajstić information content (AvgIpc) is 3.35. The molecule has 2 heterocycles. The Morgan fingerprint density at radius 1 is 1.30 bits per heavy atom. The lowest BCUT2D eigenvalue weighted by Gasteiger charge is -2.11. The molecule has 0 bridgehead atoms. The lowest BCUT2D eigenvalue weighted by Crippen LogP contribution is -2.28. The van der Waals surface area contributed by atoms with Crippen LogP contribution in [0.2, 0.25) is 0 Å². The molecular formula is C21H34N6O2S. The van der Waals surface area contributed by atoms with E-state index in [9.17, 15) is 4.79 Å². The van der Waals surface area contributed by atoms with Crippen LogP contribution in [0.3, 0.4) is 0 Å². The summed E-state index contributed by atoms with van der Waals surface area (Å²) in [6.45, 7) is 9.35. The average molecular weight is 435 g/mol. The zero-order chi connectivity index (χ0) is 21.3. The molecule has 8 nitrogen and oxygen atoms in total. The molecule has 1 fully saturated rings. The van der Waals surface area contributed by atoms with Crippen LogP contribution in [0.5, 0.6) is 0 Å². The van der Waals surface area contributed by atoms with Crippen LogP contribution in [0.1, 0.15) is 52.9 Å². The van der Waals surface area contributed by atoms with Crippen molar-refractivity contribution in [3.8, 4) is 0 Å². The number of aromatic nitrogens is 4. The summed E-state index contributed by atoms with van der Waals surface area (Å²) >= 11 is 1.63. The van der Waals surface area contributed by atoms with Crippen LogP contribution < -0.4 is 10.6 Å². The SMILES string of the molecule is CCOCCNc1nc(SC(C)C)nc2c1cnn2CCNC(=O)CC1CCCC1. The summed E-state index contributed by atoms with van der Waals surface area (Å²) in [6.07, 6.45) is 7.32. The number of hydrogen-bond acceptors (Lipinski definition) is 7. The molecule has 2 aromatic heterocycles. The second kappa shape index (κ2) is 11.5. The number of ether oxygens (including phenoxy) is 1. The molecule has 0 aromatic carbocycles. The molecule has 2 aromatic rings. The summed E-state index contributed by atoms with van der Waals surface area (Å²) in [5.41, 5.74) is 0.789. The normalized spacial score (nSPS) is 14.7. The van der Waals surface area contributed by atoms with Crippen LogP contribution in [-0.2, 0) is 16.1 Å². The lowest BCUT2D eigenvalue weighted by molar-refractivity contribution is -0.122. The topological polar surface area (TPSA) is 94.0 Å². The fourth-order valence-electron chi connectivity index (χ4n) is 3.73. The Labute approximate surface area is 182 Å². The molecule has 0 spiro atoms. The van der Waals surface area contributed by atoms with Gasteiger partial charge in [-0.15, -0.1) is 0 Å². The van der Waals surface area contributed by atoms with Gasteiger partial charge in [0.2, 0.25) is 5.91 Å². The third-order valence-electron chi connectivity index (χ3n) is 5.15. The predicted molar refractivity (Wildman–Crippen MR) is 121 cm³/mol.